The van der Waals surface area contributed by atoms with E-state index in [1.54, 1.807) is 0 Å². The number of alkyl halides is 12. The third-order valence-electron chi connectivity index (χ3n) is 2.24. The predicted molar refractivity (Wildman–Crippen MR) is 212 cm³/mol. The molecule has 0 aliphatic heterocycles. The van der Waals surface area contributed by atoms with Crippen LogP contribution in [0.25, 0.3) is 0 Å². The van der Waals surface area contributed by atoms with E-state index in [4.69, 9.17) is 0 Å². The Bertz CT molecular complexity index is 848. The number of nitrogens with zero attached hydrogens (tertiary/aromatic N) is 4. The van der Waals surface area contributed by atoms with Gasteiger partial charge in [-0.25, -0.2) is 0 Å². The second kappa shape index (κ2) is 36.5. The molecular formula is C28H62Co2F12N4P6+4. The van der Waals surface area contributed by atoms with Gasteiger partial charge in [-0.15, -0.1) is 0 Å². The van der Waals surface area contributed by atoms with Crippen LogP contribution in [0.15, 0.2) is 12.1 Å². The van der Waals surface area contributed by atoms with E-state index in [2.05, 4.69) is 140 Å². The second-order valence-corrected chi connectivity index (χ2v) is 31.2. The van der Waals surface area contributed by atoms with Gasteiger partial charge in [0.2, 0.25) is 0 Å². The first-order valence-electron chi connectivity index (χ1n) is 14.7. The maximum atomic E-state index is 11.7. The van der Waals surface area contributed by atoms with Crippen LogP contribution in [0.2, 0.25) is 0 Å². The van der Waals surface area contributed by atoms with Gasteiger partial charge < -0.3 is 20.4 Å². The normalized spacial score (nSPS) is 10.8. The molecule has 0 aromatic carbocycles. The summed E-state index contributed by atoms with van der Waals surface area (Å²) in [6.45, 7) is 40.8. The van der Waals surface area contributed by atoms with Crippen molar-refractivity contribution in [3.8, 4) is 0 Å². The number of halogens is 12. The van der Waals surface area contributed by atoms with Crippen molar-refractivity contribution in [3.05, 3.63) is 34.9 Å². The summed E-state index contributed by atoms with van der Waals surface area (Å²) in [7, 11) is 0.722. The average Bonchev–Trinajstić information content (AvgIpc) is 3.47. The van der Waals surface area contributed by atoms with Crippen LogP contribution in [0.5, 0.6) is 0 Å². The largest absolute Gasteiger partial charge is 0.571 e. The summed E-state index contributed by atoms with van der Waals surface area (Å²) in [6.07, 6.45) is -19.6. The molecule has 0 amide bonds. The average molecular weight is 987 g/mol. The first-order chi connectivity index (χ1) is 21.8. The van der Waals surface area contributed by atoms with Crippen LogP contribution >= 0.6 is 47.5 Å². The first kappa shape index (κ1) is 70.9. The zero-order valence-corrected chi connectivity index (χ0v) is 41.2. The van der Waals surface area contributed by atoms with Gasteiger partial charge in [0.1, 0.15) is 11.4 Å². The topological polar surface area (TPSA) is 54.0 Å². The molecule has 0 aliphatic rings. The number of hydrogen-bond donors (Lipinski definition) is 0. The fraction of sp³-hybridized carbons (Fsp3) is 0.786. The molecule has 0 saturated carbocycles. The molecule has 0 fully saturated rings. The van der Waals surface area contributed by atoms with Crippen LogP contribution < -0.4 is 10.2 Å². The van der Waals surface area contributed by atoms with Crippen molar-refractivity contribution >= 4 is 47.5 Å². The molecule has 0 spiro atoms. The van der Waals surface area contributed by atoms with Crippen molar-refractivity contribution in [3.63, 3.8) is 0 Å². The number of rotatable bonds is 0. The van der Waals surface area contributed by atoms with Crippen LogP contribution in [0.3, 0.4) is 0 Å². The second-order valence-electron chi connectivity index (χ2n) is 13.2. The monoisotopic (exact) mass is 986 g/mol. The minimum Gasteiger partial charge on any atom is -0.571 e. The molecular weight excluding hydrogens is 924 g/mol. The summed E-state index contributed by atoms with van der Waals surface area (Å²) in [5, 5.41) is 9.44. The predicted octanol–water partition coefficient (Wildman–Crippen LogP) is 10.7. The third kappa shape index (κ3) is 69.1. The van der Waals surface area contributed by atoms with Crippen LogP contribution in [0.1, 0.15) is 22.8 Å². The minimum absolute atomic E-state index is 0. The summed E-state index contributed by atoms with van der Waals surface area (Å²) in [5.41, 5.74) is -6.56. The SMILES string of the molecule is C[PH+](C)C.C[PH+](C)C.C[PH+](C)C.C[PH+](C)C.C[PH+](C)C.C[PH+](C)C.FC(F)(F)c1cc(C(F)(F)F)[n-]n1.FC(F)(F)c1cc(C(F)(F)F)[n-]n1.[Co].[Co]. The van der Waals surface area contributed by atoms with E-state index in [0.717, 1.165) is 0 Å². The van der Waals surface area contributed by atoms with Gasteiger partial charge in [-0.1, -0.05) is 0 Å². The molecule has 322 valence electrons. The number of aromatic nitrogens is 4. The van der Waals surface area contributed by atoms with Gasteiger partial charge in [-0.2, -0.15) is 52.7 Å². The van der Waals surface area contributed by atoms with Gasteiger partial charge in [0.15, 0.2) is 0 Å². The molecule has 52 heavy (non-hydrogen) atoms. The zero-order chi connectivity index (χ0) is 42.0. The molecule has 4 nitrogen and oxygen atoms in total. The first-order valence-corrected chi connectivity index (χ1v) is 32.7. The molecule has 0 atom stereocenters. The summed E-state index contributed by atoms with van der Waals surface area (Å²) in [4.78, 5) is 0. The van der Waals surface area contributed by atoms with Gasteiger partial charge in [-0.3, -0.25) is 0 Å². The summed E-state index contributed by atoms with van der Waals surface area (Å²) >= 11 is 0. The smallest absolute Gasteiger partial charge is 0.431 e. The maximum Gasteiger partial charge on any atom is 0.431 e. The van der Waals surface area contributed by atoms with Crippen LogP contribution in [0.4, 0.5) is 52.7 Å². The van der Waals surface area contributed by atoms with E-state index >= 15 is 0 Å². The van der Waals surface area contributed by atoms with E-state index in [-0.39, 0.29) is 93.2 Å². The summed E-state index contributed by atoms with van der Waals surface area (Å²) < 4.78 is 141. The molecule has 0 saturated heterocycles. The molecule has 0 aliphatic carbocycles. The quantitative estimate of drug-likeness (QED) is 0.195. The fourth-order valence-corrected chi connectivity index (χ4v) is 1.14. The van der Waals surface area contributed by atoms with Gasteiger partial charge in [0, 0.05) is 154 Å². The van der Waals surface area contributed by atoms with E-state index in [0.29, 0.717) is 0 Å². The Kier molecular flexibility index (Phi) is 49.8. The van der Waals surface area contributed by atoms with Crippen molar-refractivity contribution in [2.75, 3.05) is 120 Å². The Labute approximate surface area is 332 Å². The van der Waals surface area contributed by atoms with Crippen molar-refractivity contribution < 1.29 is 86.2 Å². The Balaban J connectivity index is -0.0000000764. The van der Waals surface area contributed by atoms with E-state index in [1.807, 2.05) is 0 Å². The Hall–Kier alpha value is 1.17. The molecule has 2 rings (SSSR count). The van der Waals surface area contributed by atoms with Crippen LogP contribution in [-0.2, 0) is 58.3 Å². The van der Waals surface area contributed by atoms with Crippen molar-refractivity contribution in [2.45, 2.75) is 24.7 Å². The molecule has 0 unspecified atom stereocenters. The Morgan fingerprint density at radius 2 is 0.481 bits per heavy atom. The third-order valence-corrected chi connectivity index (χ3v) is 2.24. The summed E-state index contributed by atoms with van der Waals surface area (Å²) in [6, 6.07) is -0.278. The molecule has 0 bridgehead atoms. The van der Waals surface area contributed by atoms with Crippen LogP contribution in [-0.4, -0.2) is 130 Å². The van der Waals surface area contributed by atoms with Crippen LogP contribution in [0, 0.1) is 0 Å². The Morgan fingerprint density at radius 3 is 0.538 bits per heavy atom. The van der Waals surface area contributed by atoms with Crippen molar-refractivity contribution in [1.82, 2.24) is 20.4 Å². The van der Waals surface area contributed by atoms with Crippen molar-refractivity contribution in [1.29, 1.82) is 0 Å². The number of hydrogen-bond acceptors (Lipinski definition) is 2. The van der Waals surface area contributed by atoms with Gasteiger partial charge in [-0.05, 0) is 71.1 Å². The molecule has 24 heteroatoms. The van der Waals surface area contributed by atoms with E-state index in [9.17, 15) is 52.7 Å². The van der Waals surface area contributed by atoms with Gasteiger partial charge in [0.25, 0.3) is 0 Å². The van der Waals surface area contributed by atoms with Crippen molar-refractivity contribution in [2.24, 2.45) is 0 Å². The fourth-order valence-electron chi connectivity index (χ4n) is 1.14. The standard InChI is InChI=1S/2C5HF6N2.6C3H9P.2Co/c2*6-4(7,8)2-1-3(13-12-2)5(9,10)11;6*1-4(2)3;;/h2*1H;6*1-3H3;;/q2*-1;;;;;;;;/p+6. The molecule has 2 aromatic rings. The molecule has 2 aromatic heterocycles. The molecule has 0 N–H and O–H groups in total. The van der Waals surface area contributed by atoms with E-state index < -0.39 is 47.5 Å². The van der Waals surface area contributed by atoms with Gasteiger partial charge in [0.05, 0.1) is 0 Å². The summed E-state index contributed by atoms with van der Waals surface area (Å²) in [5.74, 6) is 0. The minimum atomic E-state index is -4.89. The maximum absolute atomic E-state index is 11.7. The van der Waals surface area contributed by atoms with E-state index in [1.165, 1.54) is 0 Å². The van der Waals surface area contributed by atoms with Gasteiger partial charge >= 0.3 is 24.7 Å². The Morgan fingerprint density at radius 1 is 0.346 bits per heavy atom. The molecule has 2 heterocycles. The molecule has 2 radical (unpaired) electrons. The zero-order valence-electron chi connectivity index (χ0n) is 33.1.